The summed E-state index contributed by atoms with van der Waals surface area (Å²) in [4.78, 5) is 30.0. The number of carbonyl (C=O) groups excluding carboxylic acids is 2. The Labute approximate surface area is 161 Å². The summed E-state index contributed by atoms with van der Waals surface area (Å²) in [5, 5.41) is 3.29. The summed E-state index contributed by atoms with van der Waals surface area (Å²) < 4.78 is 4.86. The Morgan fingerprint density at radius 2 is 1.96 bits per heavy atom. The third kappa shape index (κ3) is 3.60. The summed E-state index contributed by atoms with van der Waals surface area (Å²) in [5.41, 5.74) is 7.46. The minimum absolute atomic E-state index is 0.123. The van der Waals surface area contributed by atoms with Crippen LogP contribution in [0.1, 0.15) is 36.2 Å². The number of nitrogens with zero attached hydrogens (tertiary/aromatic N) is 1. The summed E-state index contributed by atoms with van der Waals surface area (Å²) in [6, 6.07) is 9.56. The summed E-state index contributed by atoms with van der Waals surface area (Å²) in [6.45, 7) is 0. The van der Waals surface area contributed by atoms with E-state index in [1.54, 1.807) is 0 Å². The zero-order valence-corrected chi connectivity index (χ0v) is 15.8. The average Bonchev–Trinajstić information content (AvgIpc) is 3.32. The first kappa shape index (κ1) is 18.1. The van der Waals surface area contributed by atoms with Crippen LogP contribution in [0.2, 0.25) is 0 Å². The highest BCUT2D eigenvalue weighted by atomic mass is 32.1. The van der Waals surface area contributed by atoms with Crippen molar-refractivity contribution in [1.29, 1.82) is 0 Å². The Morgan fingerprint density at radius 1 is 1.19 bits per heavy atom. The van der Waals surface area contributed by atoms with Crippen molar-refractivity contribution in [2.75, 3.05) is 12.4 Å². The van der Waals surface area contributed by atoms with Gasteiger partial charge in [0.05, 0.1) is 12.0 Å². The van der Waals surface area contributed by atoms with Crippen LogP contribution in [0.5, 0.6) is 0 Å². The molecule has 1 aromatic carbocycles. The zero-order valence-electron chi connectivity index (χ0n) is 15.0. The van der Waals surface area contributed by atoms with Gasteiger partial charge in [-0.25, -0.2) is 15.2 Å². The van der Waals surface area contributed by atoms with Gasteiger partial charge >= 0.3 is 5.97 Å². The van der Waals surface area contributed by atoms with E-state index in [1.165, 1.54) is 24.9 Å². The maximum Gasteiger partial charge on any atom is 0.358 e. The smallest absolute Gasteiger partial charge is 0.358 e. The summed E-state index contributed by atoms with van der Waals surface area (Å²) in [5.74, 6) is -0.354. The first-order valence-electron chi connectivity index (χ1n) is 9.14. The van der Waals surface area contributed by atoms with Crippen LogP contribution in [-0.4, -0.2) is 36.1 Å². The molecule has 0 radical (unpaired) electrons. The second-order valence-corrected chi connectivity index (χ2v) is 7.86. The molecule has 1 saturated carbocycles. The quantitative estimate of drug-likeness (QED) is 0.700. The SMILES string of the molecule is COC(=O)c1nc(NC(=O)C2NNC3CCCCC32)sc1-c1ccccc1. The Balaban J connectivity index is 1.56. The highest BCUT2D eigenvalue weighted by molar-refractivity contribution is 7.19. The molecule has 3 N–H and O–H groups in total. The second kappa shape index (κ2) is 7.75. The largest absolute Gasteiger partial charge is 0.464 e. The van der Waals surface area contributed by atoms with Crippen LogP contribution >= 0.6 is 11.3 Å². The number of fused-ring (bicyclic) bond motifs is 1. The number of anilines is 1. The van der Waals surface area contributed by atoms with Gasteiger partial charge in [-0.3, -0.25) is 10.2 Å². The van der Waals surface area contributed by atoms with Crippen molar-refractivity contribution in [3.8, 4) is 10.4 Å². The zero-order chi connectivity index (χ0) is 18.8. The highest BCUT2D eigenvalue weighted by Crippen LogP contribution is 2.35. The number of hydrogen-bond donors (Lipinski definition) is 3. The number of amides is 1. The van der Waals surface area contributed by atoms with Gasteiger partial charge in [0, 0.05) is 12.0 Å². The lowest BCUT2D eigenvalue weighted by Gasteiger charge is -2.26. The van der Waals surface area contributed by atoms with E-state index < -0.39 is 5.97 Å². The van der Waals surface area contributed by atoms with Crippen molar-refractivity contribution in [3.63, 3.8) is 0 Å². The van der Waals surface area contributed by atoms with E-state index in [9.17, 15) is 9.59 Å². The summed E-state index contributed by atoms with van der Waals surface area (Å²) in [7, 11) is 1.33. The lowest BCUT2D eigenvalue weighted by Crippen LogP contribution is -2.42. The first-order valence-corrected chi connectivity index (χ1v) is 9.95. The van der Waals surface area contributed by atoms with Gasteiger partial charge in [-0.1, -0.05) is 54.5 Å². The van der Waals surface area contributed by atoms with Crippen LogP contribution in [-0.2, 0) is 9.53 Å². The minimum atomic E-state index is -0.515. The number of esters is 1. The molecular formula is C19H22N4O3S. The van der Waals surface area contributed by atoms with Gasteiger partial charge in [0.15, 0.2) is 10.8 Å². The van der Waals surface area contributed by atoms with Gasteiger partial charge in [0.2, 0.25) is 5.91 Å². The second-order valence-electron chi connectivity index (χ2n) is 6.86. The van der Waals surface area contributed by atoms with Crippen molar-refractivity contribution < 1.29 is 14.3 Å². The van der Waals surface area contributed by atoms with E-state index >= 15 is 0 Å². The topological polar surface area (TPSA) is 92.3 Å². The van der Waals surface area contributed by atoms with Gasteiger partial charge in [-0.15, -0.1) is 0 Å². The van der Waals surface area contributed by atoms with E-state index in [1.807, 2.05) is 30.3 Å². The van der Waals surface area contributed by atoms with E-state index in [0.29, 0.717) is 16.1 Å². The molecule has 8 heteroatoms. The van der Waals surface area contributed by atoms with Crippen molar-refractivity contribution in [2.45, 2.75) is 37.8 Å². The number of methoxy groups -OCH3 is 1. The van der Waals surface area contributed by atoms with E-state index in [4.69, 9.17) is 4.74 Å². The van der Waals surface area contributed by atoms with Crippen LogP contribution in [0, 0.1) is 5.92 Å². The van der Waals surface area contributed by atoms with E-state index in [-0.39, 0.29) is 23.6 Å². The van der Waals surface area contributed by atoms with Crippen molar-refractivity contribution in [1.82, 2.24) is 15.8 Å². The molecule has 0 bridgehead atoms. The molecule has 142 valence electrons. The molecule has 27 heavy (non-hydrogen) atoms. The molecule has 1 saturated heterocycles. The van der Waals surface area contributed by atoms with Gasteiger partial charge < -0.3 is 10.1 Å². The van der Waals surface area contributed by atoms with E-state index in [2.05, 4.69) is 21.2 Å². The molecule has 7 nitrogen and oxygen atoms in total. The highest BCUT2D eigenvalue weighted by Gasteiger charge is 2.41. The molecule has 3 atom stereocenters. The summed E-state index contributed by atoms with van der Waals surface area (Å²) >= 11 is 1.28. The van der Waals surface area contributed by atoms with Gasteiger partial charge in [-0.2, -0.15) is 0 Å². The third-order valence-electron chi connectivity index (χ3n) is 5.23. The van der Waals surface area contributed by atoms with Gasteiger partial charge in [0.25, 0.3) is 0 Å². The maximum absolute atomic E-state index is 12.8. The molecule has 1 aliphatic heterocycles. The number of thiazole rings is 1. The average molecular weight is 386 g/mol. The molecule has 3 unspecified atom stereocenters. The molecule has 4 rings (SSSR count). The minimum Gasteiger partial charge on any atom is -0.464 e. The number of aromatic nitrogens is 1. The number of ether oxygens (including phenoxy) is 1. The predicted molar refractivity (Wildman–Crippen MR) is 103 cm³/mol. The fourth-order valence-corrected chi connectivity index (χ4v) is 4.84. The molecule has 2 aliphatic rings. The fourth-order valence-electron chi connectivity index (χ4n) is 3.88. The standard InChI is InChI=1S/C19H22N4O3S/c1-26-18(25)15-16(11-7-3-2-4-8-11)27-19(20-15)21-17(24)14-12-9-5-6-10-13(12)22-23-14/h2-4,7-8,12-14,22-23H,5-6,9-10H2,1H3,(H,20,21,24). The fraction of sp³-hybridized carbons (Fsp3) is 0.421. The van der Waals surface area contributed by atoms with Crippen LogP contribution in [0.25, 0.3) is 10.4 Å². The molecular weight excluding hydrogens is 364 g/mol. The van der Waals surface area contributed by atoms with Crippen LogP contribution in [0.15, 0.2) is 30.3 Å². The monoisotopic (exact) mass is 386 g/mol. The number of hydrazine groups is 1. The van der Waals surface area contributed by atoms with Crippen molar-refractivity contribution >= 4 is 28.3 Å². The predicted octanol–water partition coefficient (Wildman–Crippen LogP) is 2.57. The normalized spacial score (nSPS) is 24.3. The first-order chi connectivity index (χ1) is 13.2. The van der Waals surface area contributed by atoms with Crippen molar-refractivity contribution in [3.05, 3.63) is 36.0 Å². The molecule has 1 amide bonds. The third-order valence-corrected chi connectivity index (χ3v) is 6.25. The molecule has 1 aliphatic carbocycles. The lowest BCUT2D eigenvalue weighted by molar-refractivity contribution is -0.118. The van der Waals surface area contributed by atoms with Crippen LogP contribution in [0.3, 0.4) is 0 Å². The lowest BCUT2D eigenvalue weighted by atomic mass is 9.81. The maximum atomic E-state index is 12.8. The number of nitrogens with one attached hydrogen (secondary N) is 3. The van der Waals surface area contributed by atoms with Crippen LogP contribution < -0.4 is 16.2 Å². The van der Waals surface area contributed by atoms with Gasteiger partial charge in [-0.05, 0) is 18.4 Å². The Morgan fingerprint density at radius 3 is 2.74 bits per heavy atom. The molecule has 0 spiro atoms. The summed E-state index contributed by atoms with van der Waals surface area (Å²) in [6.07, 6.45) is 4.46. The Hall–Kier alpha value is -2.29. The molecule has 2 aromatic rings. The van der Waals surface area contributed by atoms with Gasteiger partial charge in [0.1, 0.15) is 6.04 Å². The number of hydrogen-bond acceptors (Lipinski definition) is 7. The molecule has 2 heterocycles. The van der Waals surface area contributed by atoms with Crippen LogP contribution in [0.4, 0.5) is 5.13 Å². The number of benzene rings is 1. The Kier molecular flexibility index (Phi) is 5.20. The number of carbonyl (C=O) groups is 2. The van der Waals surface area contributed by atoms with E-state index in [0.717, 1.165) is 24.8 Å². The number of rotatable bonds is 4. The molecule has 1 aromatic heterocycles. The van der Waals surface area contributed by atoms with Crippen molar-refractivity contribution in [2.24, 2.45) is 5.92 Å². The Bertz CT molecular complexity index is 839. The molecule has 2 fully saturated rings.